The molecule has 1 fully saturated rings. The second-order valence-corrected chi connectivity index (χ2v) is 4.40. The Labute approximate surface area is 109 Å². The van der Waals surface area contributed by atoms with Crippen LogP contribution in [-0.2, 0) is 6.18 Å². The number of hydrogen-bond acceptors (Lipinski definition) is 4. The van der Waals surface area contributed by atoms with Gasteiger partial charge in [0.25, 0.3) is 0 Å². The highest BCUT2D eigenvalue weighted by molar-refractivity contribution is 5.85. The van der Waals surface area contributed by atoms with Crippen molar-refractivity contribution in [1.82, 2.24) is 10.2 Å². The second kappa shape index (κ2) is 5.88. The molecule has 0 radical (unpaired) electrons. The maximum atomic E-state index is 12.3. The number of alkyl halides is 3. The quantitative estimate of drug-likeness (QED) is 0.907. The van der Waals surface area contributed by atoms with E-state index in [1.165, 1.54) is 0 Å². The molecular formula is C10H15ClF3N3O. The minimum absolute atomic E-state index is 0. The van der Waals surface area contributed by atoms with Crippen LogP contribution in [-0.4, -0.2) is 16.7 Å². The average Bonchev–Trinajstić information content (AvgIpc) is 2.78. The van der Waals surface area contributed by atoms with Crippen LogP contribution < -0.4 is 5.73 Å². The van der Waals surface area contributed by atoms with Gasteiger partial charge in [-0.2, -0.15) is 13.2 Å². The summed E-state index contributed by atoms with van der Waals surface area (Å²) in [4.78, 5) is 0. The molecule has 0 saturated heterocycles. The van der Waals surface area contributed by atoms with E-state index in [1.807, 2.05) is 0 Å². The highest BCUT2D eigenvalue weighted by atomic mass is 35.5. The van der Waals surface area contributed by atoms with Gasteiger partial charge in [-0.1, -0.05) is 0 Å². The van der Waals surface area contributed by atoms with Crippen LogP contribution in [0.15, 0.2) is 4.42 Å². The Balaban J connectivity index is 0.00000162. The van der Waals surface area contributed by atoms with Gasteiger partial charge in [-0.15, -0.1) is 22.6 Å². The summed E-state index contributed by atoms with van der Waals surface area (Å²) in [6, 6.07) is 0. The third-order valence-corrected chi connectivity index (χ3v) is 3.21. The Morgan fingerprint density at radius 2 is 1.78 bits per heavy atom. The lowest BCUT2D eigenvalue weighted by Crippen LogP contribution is -2.20. The third-order valence-electron chi connectivity index (χ3n) is 3.21. The van der Waals surface area contributed by atoms with Gasteiger partial charge in [-0.25, -0.2) is 0 Å². The second-order valence-electron chi connectivity index (χ2n) is 4.40. The molecule has 1 heterocycles. The molecule has 0 aliphatic heterocycles. The first-order valence-electron chi connectivity index (χ1n) is 5.61. The van der Waals surface area contributed by atoms with Gasteiger partial charge in [0.2, 0.25) is 5.89 Å². The third kappa shape index (κ3) is 3.35. The molecule has 0 atom stereocenters. The van der Waals surface area contributed by atoms with Gasteiger partial charge < -0.3 is 10.2 Å². The van der Waals surface area contributed by atoms with E-state index in [4.69, 9.17) is 5.73 Å². The van der Waals surface area contributed by atoms with E-state index in [0.29, 0.717) is 12.5 Å². The summed E-state index contributed by atoms with van der Waals surface area (Å²) in [7, 11) is 0. The molecule has 104 valence electrons. The van der Waals surface area contributed by atoms with Crippen molar-refractivity contribution >= 4 is 12.4 Å². The highest BCUT2D eigenvalue weighted by Crippen LogP contribution is 2.36. The number of aromatic nitrogens is 2. The number of rotatable bonds is 2. The Morgan fingerprint density at radius 3 is 2.22 bits per heavy atom. The SMILES string of the molecule is Cl.NCC1CCC(c2nnc(C(F)(F)F)o2)CC1. The Hall–Kier alpha value is -0.820. The van der Waals surface area contributed by atoms with Crippen molar-refractivity contribution in [1.29, 1.82) is 0 Å². The molecule has 18 heavy (non-hydrogen) atoms. The van der Waals surface area contributed by atoms with E-state index in [1.54, 1.807) is 0 Å². The zero-order valence-corrected chi connectivity index (χ0v) is 10.4. The molecule has 2 N–H and O–H groups in total. The smallest absolute Gasteiger partial charge is 0.417 e. The van der Waals surface area contributed by atoms with Crippen LogP contribution in [0.5, 0.6) is 0 Å². The Morgan fingerprint density at radius 1 is 1.17 bits per heavy atom. The normalized spacial score (nSPS) is 24.7. The van der Waals surface area contributed by atoms with E-state index >= 15 is 0 Å². The standard InChI is InChI=1S/C10H14F3N3O.ClH/c11-10(12,13)9-16-15-8(17-9)7-3-1-6(5-14)2-4-7;/h6-7H,1-5,14H2;1H. The molecule has 1 aliphatic rings. The van der Waals surface area contributed by atoms with Crippen molar-refractivity contribution in [2.45, 2.75) is 37.8 Å². The molecule has 0 amide bonds. The van der Waals surface area contributed by atoms with Crippen LogP contribution in [0.4, 0.5) is 13.2 Å². The van der Waals surface area contributed by atoms with Gasteiger partial charge in [0, 0.05) is 5.92 Å². The van der Waals surface area contributed by atoms with Crippen LogP contribution in [0.1, 0.15) is 43.4 Å². The lowest BCUT2D eigenvalue weighted by Gasteiger charge is -2.25. The lowest BCUT2D eigenvalue weighted by atomic mass is 9.82. The minimum atomic E-state index is -4.56. The molecular weight excluding hydrogens is 271 g/mol. The van der Waals surface area contributed by atoms with Crippen LogP contribution in [0.25, 0.3) is 0 Å². The van der Waals surface area contributed by atoms with Gasteiger partial charge in [-0.05, 0) is 38.1 Å². The average molecular weight is 286 g/mol. The van der Waals surface area contributed by atoms with Crippen molar-refractivity contribution in [2.24, 2.45) is 11.7 Å². The summed E-state index contributed by atoms with van der Waals surface area (Å²) in [6.45, 7) is 0.629. The molecule has 8 heteroatoms. The summed E-state index contributed by atoms with van der Waals surface area (Å²) in [5.41, 5.74) is 5.55. The van der Waals surface area contributed by atoms with Gasteiger partial charge in [0.15, 0.2) is 0 Å². The summed E-state index contributed by atoms with van der Waals surface area (Å²) < 4.78 is 41.5. The summed E-state index contributed by atoms with van der Waals surface area (Å²) in [6.07, 6.45) is -1.21. The largest absolute Gasteiger partial charge is 0.470 e. The Kier molecular flexibility index (Phi) is 4.98. The van der Waals surface area contributed by atoms with E-state index in [0.717, 1.165) is 25.7 Å². The van der Waals surface area contributed by atoms with Crippen LogP contribution in [0.3, 0.4) is 0 Å². The predicted molar refractivity (Wildman–Crippen MR) is 60.3 cm³/mol. The van der Waals surface area contributed by atoms with E-state index in [-0.39, 0.29) is 24.2 Å². The molecule has 0 unspecified atom stereocenters. The number of halogens is 4. The fourth-order valence-corrected chi connectivity index (χ4v) is 2.16. The molecule has 2 rings (SSSR count). The molecule has 4 nitrogen and oxygen atoms in total. The van der Waals surface area contributed by atoms with Crippen LogP contribution >= 0.6 is 12.4 Å². The van der Waals surface area contributed by atoms with Crippen molar-refractivity contribution < 1.29 is 17.6 Å². The van der Waals surface area contributed by atoms with Gasteiger partial charge in [-0.3, -0.25) is 0 Å². The van der Waals surface area contributed by atoms with Crippen molar-refractivity contribution in [3.63, 3.8) is 0 Å². The van der Waals surface area contributed by atoms with Crippen LogP contribution in [0, 0.1) is 5.92 Å². The summed E-state index contributed by atoms with van der Waals surface area (Å²) >= 11 is 0. The van der Waals surface area contributed by atoms with Crippen molar-refractivity contribution in [3.05, 3.63) is 11.8 Å². The topological polar surface area (TPSA) is 64.9 Å². The molecule has 1 aromatic heterocycles. The minimum Gasteiger partial charge on any atom is -0.417 e. The van der Waals surface area contributed by atoms with Crippen molar-refractivity contribution in [3.8, 4) is 0 Å². The van der Waals surface area contributed by atoms with E-state index in [9.17, 15) is 13.2 Å². The van der Waals surface area contributed by atoms with Gasteiger partial charge in [0.1, 0.15) is 0 Å². The lowest BCUT2D eigenvalue weighted by molar-refractivity contribution is -0.157. The van der Waals surface area contributed by atoms with Crippen molar-refractivity contribution in [2.75, 3.05) is 6.54 Å². The van der Waals surface area contributed by atoms with Gasteiger partial charge >= 0.3 is 12.1 Å². The van der Waals surface area contributed by atoms with E-state index in [2.05, 4.69) is 14.6 Å². The monoisotopic (exact) mass is 285 g/mol. The van der Waals surface area contributed by atoms with E-state index < -0.39 is 12.1 Å². The molecule has 1 saturated carbocycles. The number of nitrogens with zero attached hydrogens (tertiary/aromatic N) is 2. The first kappa shape index (κ1) is 15.2. The molecule has 1 aromatic rings. The fraction of sp³-hybridized carbons (Fsp3) is 0.800. The highest BCUT2D eigenvalue weighted by Gasteiger charge is 2.39. The summed E-state index contributed by atoms with van der Waals surface area (Å²) in [5.74, 6) is -0.737. The Bertz CT molecular complexity index is 375. The fourth-order valence-electron chi connectivity index (χ4n) is 2.16. The molecule has 1 aliphatic carbocycles. The maximum absolute atomic E-state index is 12.3. The van der Waals surface area contributed by atoms with Gasteiger partial charge in [0.05, 0.1) is 0 Å². The molecule has 0 aromatic carbocycles. The zero-order valence-electron chi connectivity index (χ0n) is 9.61. The van der Waals surface area contributed by atoms with Crippen LogP contribution in [0.2, 0.25) is 0 Å². The molecule has 0 spiro atoms. The first-order chi connectivity index (χ1) is 8.00. The maximum Gasteiger partial charge on any atom is 0.470 e. The number of hydrogen-bond donors (Lipinski definition) is 1. The molecule has 0 bridgehead atoms. The zero-order chi connectivity index (χ0) is 12.5. The predicted octanol–water partition coefficient (Wildman–Crippen LogP) is 2.74. The number of nitrogens with two attached hydrogens (primary N) is 1. The first-order valence-corrected chi connectivity index (χ1v) is 5.61. The summed E-state index contributed by atoms with van der Waals surface area (Å²) in [5, 5.41) is 6.52.